The highest BCUT2D eigenvalue weighted by Gasteiger charge is 2.42. The van der Waals surface area contributed by atoms with Gasteiger partial charge in [-0.1, -0.05) is 26.2 Å². The van der Waals surface area contributed by atoms with Crippen LogP contribution in [0.4, 0.5) is 0 Å². The molecule has 0 aromatic rings. The number of hydrogen-bond donors (Lipinski definition) is 2. The summed E-state index contributed by atoms with van der Waals surface area (Å²) in [5.41, 5.74) is 5.53. The minimum atomic E-state index is -0.588. The van der Waals surface area contributed by atoms with Gasteiger partial charge >= 0.3 is 0 Å². The lowest BCUT2D eigenvalue weighted by atomic mass is 9.73. The SMILES string of the molecule is CCNC(C)(CN1CCC2(CCCCC2)C1)C(N)=O. The van der Waals surface area contributed by atoms with E-state index < -0.39 is 5.54 Å². The average Bonchev–Trinajstić information content (AvgIpc) is 2.73. The van der Waals surface area contributed by atoms with E-state index in [1.807, 2.05) is 13.8 Å². The van der Waals surface area contributed by atoms with E-state index >= 15 is 0 Å². The topological polar surface area (TPSA) is 58.4 Å². The molecule has 4 nitrogen and oxygen atoms in total. The van der Waals surface area contributed by atoms with Crippen LogP contribution >= 0.6 is 0 Å². The summed E-state index contributed by atoms with van der Waals surface area (Å²) < 4.78 is 0. The number of amides is 1. The van der Waals surface area contributed by atoms with E-state index in [1.54, 1.807) is 0 Å². The maximum atomic E-state index is 11.7. The van der Waals surface area contributed by atoms with E-state index in [4.69, 9.17) is 5.73 Å². The van der Waals surface area contributed by atoms with Gasteiger partial charge in [0.25, 0.3) is 0 Å². The maximum Gasteiger partial charge on any atom is 0.238 e. The summed E-state index contributed by atoms with van der Waals surface area (Å²) in [6.07, 6.45) is 8.21. The van der Waals surface area contributed by atoms with Crippen molar-refractivity contribution in [3.8, 4) is 0 Å². The molecule has 1 unspecified atom stereocenters. The molecule has 3 N–H and O–H groups in total. The van der Waals surface area contributed by atoms with Gasteiger partial charge in [0.2, 0.25) is 5.91 Å². The minimum Gasteiger partial charge on any atom is -0.368 e. The van der Waals surface area contributed by atoms with E-state index in [0.29, 0.717) is 5.41 Å². The quantitative estimate of drug-likeness (QED) is 0.793. The summed E-state index contributed by atoms with van der Waals surface area (Å²) >= 11 is 0. The van der Waals surface area contributed by atoms with Crippen LogP contribution in [0, 0.1) is 5.41 Å². The van der Waals surface area contributed by atoms with Gasteiger partial charge in [-0.15, -0.1) is 0 Å². The highest BCUT2D eigenvalue weighted by Crippen LogP contribution is 2.43. The first-order valence-corrected chi connectivity index (χ1v) is 7.77. The number of carbonyl (C=O) groups excluding carboxylic acids is 1. The Morgan fingerprint density at radius 2 is 2.00 bits per heavy atom. The Bertz CT molecular complexity index is 325. The third-order valence-corrected chi connectivity index (χ3v) is 5.08. The number of nitrogens with one attached hydrogen (secondary N) is 1. The zero-order chi connectivity index (χ0) is 13.9. The van der Waals surface area contributed by atoms with Crippen molar-refractivity contribution in [1.29, 1.82) is 0 Å². The largest absolute Gasteiger partial charge is 0.368 e. The molecule has 0 radical (unpaired) electrons. The van der Waals surface area contributed by atoms with E-state index in [9.17, 15) is 4.79 Å². The molecule has 2 aliphatic rings. The molecule has 1 aliphatic carbocycles. The Morgan fingerprint density at radius 1 is 1.32 bits per heavy atom. The standard InChI is InChI=1S/C15H29N3O/c1-3-17-14(2,13(16)19)11-18-10-9-15(12-18)7-5-4-6-8-15/h17H,3-12H2,1-2H3,(H2,16,19). The summed E-state index contributed by atoms with van der Waals surface area (Å²) in [6, 6.07) is 0. The lowest BCUT2D eigenvalue weighted by Crippen LogP contribution is -2.59. The normalized spacial score (nSPS) is 26.4. The molecule has 110 valence electrons. The summed E-state index contributed by atoms with van der Waals surface area (Å²) in [6.45, 7) is 7.75. The second-order valence-corrected chi connectivity index (χ2v) is 6.75. The number of carbonyl (C=O) groups is 1. The number of likely N-dealkylation sites (tertiary alicyclic amines) is 1. The summed E-state index contributed by atoms with van der Waals surface area (Å²) in [4.78, 5) is 14.1. The molecule has 1 saturated carbocycles. The fourth-order valence-electron chi connectivity index (χ4n) is 3.93. The Kier molecular flexibility index (Phi) is 4.51. The molecule has 1 aliphatic heterocycles. The van der Waals surface area contributed by atoms with Crippen LogP contribution in [-0.2, 0) is 4.79 Å². The fourth-order valence-corrected chi connectivity index (χ4v) is 3.93. The van der Waals surface area contributed by atoms with Crippen LogP contribution in [0.1, 0.15) is 52.4 Å². The van der Waals surface area contributed by atoms with Crippen LogP contribution in [0.15, 0.2) is 0 Å². The van der Waals surface area contributed by atoms with E-state index in [0.717, 1.165) is 26.2 Å². The Morgan fingerprint density at radius 3 is 2.58 bits per heavy atom. The van der Waals surface area contributed by atoms with Crippen molar-refractivity contribution in [2.24, 2.45) is 11.1 Å². The number of primary amides is 1. The molecule has 0 aromatic heterocycles. The van der Waals surface area contributed by atoms with Gasteiger partial charge in [-0.25, -0.2) is 0 Å². The average molecular weight is 267 g/mol. The van der Waals surface area contributed by atoms with E-state index in [2.05, 4.69) is 10.2 Å². The molecule has 2 fully saturated rings. The third kappa shape index (κ3) is 3.29. The molecule has 0 aromatic carbocycles. The van der Waals surface area contributed by atoms with Crippen molar-refractivity contribution in [1.82, 2.24) is 10.2 Å². The zero-order valence-corrected chi connectivity index (χ0v) is 12.5. The summed E-state index contributed by atoms with van der Waals surface area (Å²) in [7, 11) is 0. The molecular formula is C15H29N3O. The maximum absolute atomic E-state index is 11.7. The van der Waals surface area contributed by atoms with Crippen LogP contribution in [-0.4, -0.2) is 42.5 Å². The molecular weight excluding hydrogens is 238 g/mol. The predicted molar refractivity (Wildman–Crippen MR) is 77.9 cm³/mol. The van der Waals surface area contributed by atoms with Gasteiger partial charge < -0.3 is 16.0 Å². The number of rotatable bonds is 5. The van der Waals surface area contributed by atoms with Crippen LogP contribution in [0.25, 0.3) is 0 Å². The van der Waals surface area contributed by atoms with Gasteiger partial charge in [0, 0.05) is 13.1 Å². The smallest absolute Gasteiger partial charge is 0.238 e. The Labute approximate surface area is 117 Å². The molecule has 4 heteroatoms. The molecule has 1 amide bonds. The second-order valence-electron chi connectivity index (χ2n) is 6.75. The van der Waals surface area contributed by atoms with Crippen LogP contribution < -0.4 is 11.1 Å². The van der Waals surface area contributed by atoms with Gasteiger partial charge in [0.1, 0.15) is 5.54 Å². The lowest BCUT2D eigenvalue weighted by molar-refractivity contribution is -0.124. The van der Waals surface area contributed by atoms with Gasteiger partial charge in [0.15, 0.2) is 0 Å². The van der Waals surface area contributed by atoms with Crippen molar-refractivity contribution in [3.05, 3.63) is 0 Å². The molecule has 19 heavy (non-hydrogen) atoms. The van der Waals surface area contributed by atoms with Crippen molar-refractivity contribution in [3.63, 3.8) is 0 Å². The van der Waals surface area contributed by atoms with Gasteiger partial charge in [-0.2, -0.15) is 0 Å². The lowest BCUT2D eigenvalue weighted by Gasteiger charge is -2.35. The van der Waals surface area contributed by atoms with Crippen molar-refractivity contribution in [2.45, 2.75) is 57.9 Å². The fraction of sp³-hybridized carbons (Fsp3) is 0.933. The molecule has 1 saturated heterocycles. The zero-order valence-electron chi connectivity index (χ0n) is 12.5. The molecule has 1 spiro atoms. The van der Waals surface area contributed by atoms with Gasteiger partial charge in [0.05, 0.1) is 0 Å². The van der Waals surface area contributed by atoms with Gasteiger partial charge in [-0.3, -0.25) is 4.79 Å². The van der Waals surface area contributed by atoms with E-state index in [-0.39, 0.29) is 5.91 Å². The van der Waals surface area contributed by atoms with Crippen molar-refractivity contribution in [2.75, 3.05) is 26.2 Å². The Hall–Kier alpha value is -0.610. The van der Waals surface area contributed by atoms with Crippen molar-refractivity contribution >= 4 is 5.91 Å². The molecule has 2 rings (SSSR count). The van der Waals surface area contributed by atoms with Crippen LogP contribution in [0.3, 0.4) is 0 Å². The second kappa shape index (κ2) is 5.80. The van der Waals surface area contributed by atoms with E-state index in [1.165, 1.54) is 38.5 Å². The Balaban J connectivity index is 1.94. The first kappa shape index (κ1) is 14.8. The highest BCUT2D eigenvalue weighted by molar-refractivity contribution is 5.84. The van der Waals surface area contributed by atoms with Crippen LogP contribution in [0.5, 0.6) is 0 Å². The number of likely N-dealkylation sites (N-methyl/N-ethyl adjacent to an activating group) is 1. The van der Waals surface area contributed by atoms with Crippen LogP contribution in [0.2, 0.25) is 0 Å². The number of nitrogens with zero attached hydrogens (tertiary/aromatic N) is 1. The monoisotopic (exact) mass is 267 g/mol. The molecule has 1 atom stereocenters. The summed E-state index contributed by atoms with van der Waals surface area (Å²) in [5.74, 6) is -0.237. The molecule has 1 heterocycles. The first-order valence-electron chi connectivity index (χ1n) is 7.77. The summed E-state index contributed by atoms with van der Waals surface area (Å²) in [5, 5.41) is 3.26. The molecule has 0 bridgehead atoms. The van der Waals surface area contributed by atoms with Gasteiger partial charge in [-0.05, 0) is 44.7 Å². The van der Waals surface area contributed by atoms with Crippen molar-refractivity contribution < 1.29 is 4.79 Å². The third-order valence-electron chi connectivity index (χ3n) is 5.08. The number of nitrogens with two attached hydrogens (primary N) is 1. The highest BCUT2D eigenvalue weighted by atomic mass is 16.1. The number of hydrogen-bond acceptors (Lipinski definition) is 3. The predicted octanol–water partition coefficient (Wildman–Crippen LogP) is 1.50. The first-order chi connectivity index (χ1) is 9.00. The minimum absolute atomic E-state index is 0.237.